The van der Waals surface area contributed by atoms with Gasteiger partial charge in [-0.25, -0.2) is 4.79 Å². The van der Waals surface area contributed by atoms with Crippen LogP contribution in [0.1, 0.15) is 33.7 Å². The minimum absolute atomic E-state index is 0.0630. The lowest BCUT2D eigenvalue weighted by molar-refractivity contribution is 0.0558. The maximum absolute atomic E-state index is 11.2. The monoisotopic (exact) mass is 247 g/mol. The molecule has 0 aromatic carbocycles. The van der Waals surface area contributed by atoms with Gasteiger partial charge in [-0.3, -0.25) is 4.98 Å². The molecule has 5 nitrogen and oxygen atoms in total. The number of pyridine rings is 1. The maximum atomic E-state index is 11.2. The van der Waals surface area contributed by atoms with Gasteiger partial charge in [0, 0.05) is 17.5 Å². The van der Waals surface area contributed by atoms with Gasteiger partial charge in [0.05, 0.1) is 7.11 Å². The molecule has 5 heteroatoms. The van der Waals surface area contributed by atoms with Crippen molar-refractivity contribution in [1.82, 2.24) is 4.98 Å². The number of rotatable bonds is 3. The quantitative estimate of drug-likeness (QED) is 0.838. The van der Waals surface area contributed by atoms with E-state index in [1.54, 1.807) is 31.3 Å². The summed E-state index contributed by atoms with van der Waals surface area (Å²) >= 11 is 0. The fraction of sp³-hybridized carbons (Fsp3) is 0.231. The van der Waals surface area contributed by atoms with Crippen LogP contribution in [0.3, 0.4) is 0 Å². The summed E-state index contributed by atoms with van der Waals surface area (Å²) in [6.07, 6.45) is 0.699. The van der Waals surface area contributed by atoms with E-state index in [2.05, 4.69) is 9.72 Å². The van der Waals surface area contributed by atoms with Gasteiger partial charge in [0.2, 0.25) is 5.76 Å². The first-order valence-corrected chi connectivity index (χ1v) is 5.41. The zero-order valence-electron chi connectivity index (χ0n) is 10.1. The van der Waals surface area contributed by atoms with Gasteiger partial charge in [0.1, 0.15) is 11.9 Å². The van der Waals surface area contributed by atoms with Crippen molar-refractivity contribution >= 4 is 5.97 Å². The standard InChI is InChI=1S/C13H13NO4/c1-8-9(4-3-7-14-8)12(15)10-5-6-11(18-10)13(16)17-2/h3-7,12,15H,1-2H3. The predicted octanol–water partition coefficient (Wildman–Crippen LogP) is 1.85. The zero-order valence-corrected chi connectivity index (χ0v) is 10.1. The van der Waals surface area contributed by atoms with Crippen LogP contribution >= 0.6 is 0 Å². The maximum Gasteiger partial charge on any atom is 0.373 e. The Hall–Kier alpha value is -2.14. The minimum Gasteiger partial charge on any atom is -0.463 e. The van der Waals surface area contributed by atoms with Crippen molar-refractivity contribution in [2.75, 3.05) is 7.11 Å². The molecule has 0 bridgehead atoms. The highest BCUT2D eigenvalue weighted by molar-refractivity contribution is 5.86. The van der Waals surface area contributed by atoms with Crippen LogP contribution < -0.4 is 0 Å². The third-order valence-corrected chi connectivity index (χ3v) is 2.63. The molecule has 1 N–H and O–H groups in total. The summed E-state index contributed by atoms with van der Waals surface area (Å²) in [6, 6.07) is 6.50. The number of aryl methyl sites for hydroxylation is 1. The number of carbonyl (C=O) groups is 1. The van der Waals surface area contributed by atoms with E-state index in [1.807, 2.05) is 0 Å². The van der Waals surface area contributed by atoms with E-state index < -0.39 is 12.1 Å². The summed E-state index contributed by atoms with van der Waals surface area (Å²) in [5.41, 5.74) is 1.35. The molecule has 1 atom stereocenters. The van der Waals surface area contributed by atoms with Crippen LogP contribution in [0.2, 0.25) is 0 Å². The van der Waals surface area contributed by atoms with Gasteiger partial charge in [-0.1, -0.05) is 6.07 Å². The van der Waals surface area contributed by atoms with Crippen LogP contribution in [0.4, 0.5) is 0 Å². The van der Waals surface area contributed by atoms with Crippen molar-refractivity contribution in [2.24, 2.45) is 0 Å². The molecule has 2 aromatic rings. The van der Waals surface area contributed by atoms with E-state index >= 15 is 0 Å². The molecule has 18 heavy (non-hydrogen) atoms. The molecule has 0 saturated heterocycles. The number of methoxy groups -OCH3 is 1. The number of aromatic nitrogens is 1. The molecule has 0 radical (unpaired) electrons. The van der Waals surface area contributed by atoms with Gasteiger partial charge >= 0.3 is 5.97 Å². The minimum atomic E-state index is -0.947. The summed E-state index contributed by atoms with van der Waals surface area (Å²) in [7, 11) is 1.27. The molecule has 94 valence electrons. The number of aliphatic hydroxyl groups is 1. The van der Waals surface area contributed by atoms with Crippen LogP contribution in [0.5, 0.6) is 0 Å². The van der Waals surface area contributed by atoms with Gasteiger partial charge in [-0.15, -0.1) is 0 Å². The van der Waals surface area contributed by atoms with E-state index in [0.717, 1.165) is 0 Å². The Labute approximate surface area is 104 Å². The summed E-state index contributed by atoms with van der Waals surface area (Å²) < 4.78 is 9.79. The van der Waals surface area contributed by atoms with E-state index in [9.17, 15) is 9.90 Å². The molecule has 0 aliphatic rings. The Morgan fingerprint density at radius 3 is 2.89 bits per heavy atom. The lowest BCUT2D eigenvalue weighted by Crippen LogP contribution is -2.02. The normalized spacial score (nSPS) is 12.2. The lowest BCUT2D eigenvalue weighted by atomic mass is 10.1. The topological polar surface area (TPSA) is 72.6 Å². The zero-order chi connectivity index (χ0) is 13.1. The van der Waals surface area contributed by atoms with E-state index in [0.29, 0.717) is 11.3 Å². The molecule has 1 unspecified atom stereocenters. The van der Waals surface area contributed by atoms with E-state index in [1.165, 1.54) is 13.2 Å². The molecule has 2 heterocycles. The van der Waals surface area contributed by atoms with Crippen molar-refractivity contribution in [3.63, 3.8) is 0 Å². The van der Waals surface area contributed by atoms with Crippen molar-refractivity contribution < 1.29 is 19.1 Å². The smallest absolute Gasteiger partial charge is 0.373 e. The van der Waals surface area contributed by atoms with Gasteiger partial charge in [-0.2, -0.15) is 0 Å². The van der Waals surface area contributed by atoms with Gasteiger partial charge < -0.3 is 14.3 Å². The van der Waals surface area contributed by atoms with Gasteiger partial charge in [-0.05, 0) is 25.1 Å². The van der Waals surface area contributed by atoms with Crippen LogP contribution in [0.25, 0.3) is 0 Å². The van der Waals surface area contributed by atoms with E-state index in [-0.39, 0.29) is 11.5 Å². The lowest BCUT2D eigenvalue weighted by Gasteiger charge is -2.09. The summed E-state index contributed by atoms with van der Waals surface area (Å²) in [5.74, 6) is -0.226. The summed E-state index contributed by atoms with van der Waals surface area (Å²) in [4.78, 5) is 15.3. The Bertz CT molecular complexity index is 562. The average Bonchev–Trinajstić information content (AvgIpc) is 2.87. The molecule has 0 aliphatic heterocycles. The SMILES string of the molecule is COC(=O)c1ccc(C(O)c2cccnc2C)o1. The fourth-order valence-corrected chi connectivity index (χ4v) is 1.65. The molecular weight excluding hydrogens is 234 g/mol. The molecule has 0 fully saturated rings. The molecule has 0 saturated carbocycles. The third-order valence-electron chi connectivity index (χ3n) is 2.63. The van der Waals surface area contributed by atoms with Crippen molar-refractivity contribution in [3.05, 3.63) is 53.2 Å². The number of esters is 1. The molecule has 2 rings (SSSR count). The first kappa shape index (κ1) is 12.3. The number of hydrogen-bond acceptors (Lipinski definition) is 5. The number of aliphatic hydroxyl groups excluding tert-OH is 1. The fourth-order valence-electron chi connectivity index (χ4n) is 1.65. The highest BCUT2D eigenvalue weighted by atomic mass is 16.5. The second kappa shape index (κ2) is 5.01. The number of furan rings is 1. The first-order chi connectivity index (χ1) is 8.63. The second-order valence-corrected chi connectivity index (χ2v) is 3.77. The highest BCUT2D eigenvalue weighted by Crippen LogP contribution is 2.25. The number of nitrogens with zero attached hydrogens (tertiary/aromatic N) is 1. The molecule has 0 aliphatic carbocycles. The Kier molecular flexibility index (Phi) is 3.43. The summed E-state index contributed by atoms with van der Waals surface area (Å²) in [5, 5.41) is 10.2. The number of ether oxygens (including phenoxy) is 1. The van der Waals surface area contributed by atoms with Crippen LogP contribution in [-0.2, 0) is 4.74 Å². The Morgan fingerprint density at radius 2 is 2.22 bits per heavy atom. The first-order valence-electron chi connectivity index (χ1n) is 5.41. The molecule has 2 aromatic heterocycles. The van der Waals surface area contributed by atoms with Crippen molar-refractivity contribution in [3.8, 4) is 0 Å². The summed E-state index contributed by atoms with van der Waals surface area (Å²) in [6.45, 7) is 1.79. The van der Waals surface area contributed by atoms with Crippen LogP contribution in [0.15, 0.2) is 34.9 Å². The Morgan fingerprint density at radius 1 is 1.44 bits per heavy atom. The van der Waals surface area contributed by atoms with Crippen LogP contribution in [-0.4, -0.2) is 23.2 Å². The van der Waals surface area contributed by atoms with Crippen molar-refractivity contribution in [1.29, 1.82) is 0 Å². The van der Waals surface area contributed by atoms with Gasteiger partial charge in [0.15, 0.2) is 0 Å². The van der Waals surface area contributed by atoms with Gasteiger partial charge in [0.25, 0.3) is 0 Å². The van der Waals surface area contributed by atoms with Crippen molar-refractivity contribution in [2.45, 2.75) is 13.0 Å². The predicted molar refractivity (Wildman–Crippen MR) is 63.1 cm³/mol. The molecule has 0 amide bonds. The molecule has 0 spiro atoms. The van der Waals surface area contributed by atoms with Crippen LogP contribution in [0, 0.1) is 6.92 Å². The molecular formula is C13H13NO4. The number of hydrogen-bond donors (Lipinski definition) is 1. The third kappa shape index (κ3) is 2.26. The second-order valence-electron chi connectivity index (χ2n) is 3.77. The van der Waals surface area contributed by atoms with E-state index in [4.69, 9.17) is 4.42 Å². The largest absolute Gasteiger partial charge is 0.463 e. The average molecular weight is 247 g/mol. The highest BCUT2D eigenvalue weighted by Gasteiger charge is 2.19. The number of carbonyl (C=O) groups excluding carboxylic acids is 1. The Balaban J connectivity index is 2.29.